The molecule has 1 heterocycles. The summed E-state index contributed by atoms with van der Waals surface area (Å²) in [7, 11) is 0. The predicted molar refractivity (Wildman–Crippen MR) is 78.0 cm³/mol. The van der Waals surface area contributed by atoms with Crippen LogP contribution in [0.25, 0.3) is 0 Å². The van der Waals surface area contributed by atoms with Gasteiger partial charge in [0.05, 0.1) is 0 Å². The predicted octanol–water partition coefficient (Wildman–Crippen LogP) is 3.67. The second-order valence-electron chi connectivity index (χ2n) is 4.33. The molecule has 1 rings (SSSR count). The highest BCUT2D eigenvalue weighted by atomic mass is 79.9. The molecular weight excluding hydrogens is 298 g/mol. The van der Waals surface area contributed by atoms with E-state index in [4.69, 9.17) is 0 Å². The third kappa shape index (κ3) is 6.22. The highest BCUT2D eigenvalue weighted by Gasteiger charge is 2.08. The van der Waals surface area contributed by atoms with Gasteiger partial charge in [-0.3, -0.25) is 4.79 Å². The van der Waals surface area contributed by atoms with E-state index in [1.54, 1.807) is 0 Å². The molecule has 0 aliphatic heterocycles. The van der Waals surface area contributed by atoms with Crippen molar-refractivity contribution >= 4 is 33.2 Å². The van der Waals surface area contributed by atoms with Gasteiger partial charge in [0.1, 0.15) is 0 Å². The van der Waals surface area contributed by atoms with Crippen molar-refractivity contribution in [2.45, 2.75) is 45.6 Å². The summed E-state index contributed by atoms with van der Waals surface area (Å²) >= 11 is 5.17. The zero-order valence-corrected chi connectivity index (χ0v) is 12.9. The summed E-state index contributed by atoms with van der Waals surface area (Å²) in [6.07, 6.45) is 3.59. The number of carbonyl (C=O) groups is 1. The van der Waals surface area contributed by atoms with Crippen LogP contribution in [0, 0.1) is 6.92 Å². The maximum absolute atomic E-state index is 11.6. The van der Waals surface area contributed by atoms with Gasteiger partial charge in [-0.25, -0.2) is 0 Å². The first kappa shape index (κ1) is 14.7. The lowest BCUT2D eigenvalue weighted by Crippen LogP contribution is -2.33. The van der Waals surface area contributed by atoms with Crippen LogP contribution in [0.4, 0.5) is 0 Å². The lowest BCUT2D eigenvalue weighted by atomic mass is 10.2. The Hall–Kier alpha value is -0.350. The molecule has 1 N–H and O–H groups in total. The zero-order chi connectivity index (χ0) is 12.7. The van der Waals surface area contributed by atoms with Crippen LogP contribution in [-0.2, 0) is 11.2 Å². The van der Waals surface area contributed by atoms with Gasteiger partial charge in [0.25, 0.3) is 0 Å². The normalized spacial score (nSPS) is 12.4. The first-order valence-corrected chi connectivity index (χ1v) is 7.96. The van der Waals surface area contributed by atoms with Crippen molar-refractivity contribution in [1.29, 1.82) is 0 Å². The second-order valence-corrected chi connectivity index (χ2v) is 6.50. The van der Waals surface area contributed by atoms with Gasteiger partial charge in [-0.1, -0.05) is 15.9 Å². The fraction of sp³-hybridized carbons (Fsp3) is 0.615. The summed E-state index contributed by atoms with van der Waals surface area (Å²) in [4.78, 5) is 14.3. The SMILES string of the molecule is Cc1ccc(CC(C)NC(=O)CCCCBr)s1. The average molecular weight is 318 g/mol. The molecule has 0 aliphatic rings. The Labute approximate surface area is 116 Å². The van der Waals surface area contributed by atoms with Crippen molar-refractivity contribution in [2.24, 2.45) is 0 Å². The first-order valence-electron chi connectivity index (χ1n) is 6.02. The van der Waals surface area contributed by atoms with Crippen molar-refractivity contribution in [3.05, 3.63) is 21.9 Å². The minimum Gasteiger partial charge on any atom is -0.353 e. The summed E-state index contributed by atoms with van der Waals surface area (Å²) in [5.41, 5.74) is 0. The molecule has 1 unspecified atom stereocenters. The third-order valence-electron chi connectivity index (χ3n) is 2.50. The summed E-state index contributed by atoms with van der Waals surface area (Å²) in [5, 5.41) is 4.03. The molecule has 0 aliphatic carbocycles. The van der Waals surface area contributed by atoms with E-state index in [1.165, 1.54) is 9.75 Å². The van der Waals surface area contributed by atoms with E-state index in [9.17, 15) is 4.79 Å². The molecule has 0 aromatic carbocycles. The van der Waals surface area contributed by atoms with E-state index < -0.39 is 0 Å². The van der Waals surface area contributed by atoms with E-state index in [0.29, 0.717) is 6.42 Å². The van der Waals surface area contributed by atoms with Gasteiger partial charge in [0, 0.05) is 34.0 Å². The van der Waals surface area contributed by atoms with Crippen LogP contribution in [0.1, 0.15) is 35.9 Å². The zero-order valence-electron chi connectivity index (χ0n) is 10.5. The van der Waals surface area contributed by atoms with E-state index in [1.807, 2.05) is 11.3 Å². The molecule has 96 valence electrons. The van der Waals surface area contributed by atoms with Gasteiger partial charge in [0.15, 0.2) is 0 Å². The van der Waals surface area contributed by atoms with Crippen LogP contribution in [-0.4, -0.2) is 17.3 Å². The Morgan fingerprint density at radius 3 is 2.82 bits per heavy atom. The van der Waals surface area contributed by atoms with Gasteiger partial charge < -0.3 is 5.32 Å². The number of halogens is 1. The molecule has 1 atom stereocenters. The van der Waals surface area contributed by atoms with Crippen LogP contribution in [0.2, 0.25) is 0 Å². The van der Waals surface area contributed by atoms with Crippen molar-refractivity contribution in [3.63, 3.8) is 0 Å². The number of nitrogens with one attached hydrogen (secondary N) is 1. The van der Waals surface area contributed by atoms with Crippen LogP contribution in [0.5, 0.6) is 0 Å². The Balaban J connectivity index is 2.24. The minimum atomic E-state index is 0.173. The summed E-state index contributed by atoms with van der Waals surface area (Å²) in [6, 6.07) is 4.50. The fourth-order valence-electron chi connectivity index (χ4n) is 1.67. The van der Waals surface area contributed by atoms with Crippen molar-refractivity contribution < 1.29 is 4.79 Å². The number of rotatable bonds is 7. The number of alkyl halides is 1. The van der Waals surface area contributed by atoms with Crippen LogP contribution < -0.4 is 5.32 Å². The van der Waals surface area contributed by atoms with E-state index >= 15 is 0 Å². The van der Waals surface area contributed by atoms with Crippen LogP contribution in [0.15, 0.2) is 12.1 Å². The molecule has 1 aromatic heterocycles. The molecule has 0 saturated heterocycles. The number of amides is 1. The molecule has 0 radical (unpaired) electrons. The third-order valence-corrected chi connectivity index (χ3v) is 4.08. The molecule has 0 fully saturated rings. The molecule has 0 spiro atoms. The maximum atomic E-state index is 11.6. The molecule has 0 bridgehead atoms. The largest absolute Gasteiger partial charge is 0.353 e. The van der Waals surface area contributed by atoms with Crippen molar-refractivity contribution in [2.75, 3.05) is 5.33 Å². The number of aryl methyl sites for hydroxylation is 1. The molecule has 0 saturated carbocycles. The summed E-state index contributed by atoms with van der Waals surface area (Å²) < 4.78 is 0. The second kappa shape index (κ2) is 7.88. The number of carbonyl (C=O) groups excluding carboxylic acids is 1. The minimum absolute atomic E-state index is 0.173. The number of hydrogen-bond acceptors (Lipinski definition) is 2. The molecule has 2 nitrogen and oxygen atoms in total. The Morgan fingerprint density at radius 2 is 2.24 bits per heavy atom. The van der Waals surface area contributed by atoms with Crippen LogP contribution >= 0.6 is 27.3 Å². The lowest BCUT2D eigenvalue weighted by Gasteiger charge is -2.12. The lowest BCUT2D eigenvalue weighted by molar-refractivity contribution is -0.121. The van der Waals surface area contributed by atoms with Gasteiger partial charge >= 0.3 is 0 Å². The first-order chi connectivity index (χ1) is 8.11. The van der Waals surface area contributed by atoms with Gasteiger partial charge in [-0.2, -0.15) is 0 Å². The van der Waals surface area contributed by atoms with Crippen molar-refractivity contribution in [1.82, 2.24) is 5.32 Å². The number of thiophene rings is 1. The number of unbranched alkanes of at least 4 members (excludes halogenated alkanes) is 1. The molecular formula is C13H20BrNOS. The smallest absolute Gasteiger partial charge is 0.220 e. The van der Waals surface area contributed by atoms with Gasteiger partial charge in [-0.15, -0.1) is 11.3 Å². The van der Waals surface area contributed by atoms with E-state index in [2.05, 4.69) is 47.2 Å². The summed E-state index contributed by atoms with van der Waals surface area (Å²) in [5.74, 6) is 0.173. The molecule has 17 heavy (non-hydrogen) atoms. The van der Waals surface area contributed by atoms with E-state index in [-0.39, 0.29) is 11.9 Å². The van der Waals surface area contributed by atoms with Crippen molar-refractivity contribution in [3.8, 4) is 0 Å². The van der Waals surface area contributed by atoms with E-state index in [0.717, 1.165) is 24.6 Å². The maximum Gasteiger partial charge on any atom is 0.220 e. The average Bonchev–Trinajstić information content (AvgIpc) is 2.64. The quantitative estimate of drug-likeness (QED) is 0.603. The molecule has 4 heteroatoms. The Kier molecular flexibility index (Phi) is 6.82. The molecule has 1 aromatic rings. The highest BCUT2D eigenvalue weighted by molar-refractivity contribution is 9.09. The van der Waals surface area contributed by atoms with Gasteiger partial charge in [-0.05, 0) is 38.8 Å². The Morgan fingerprint density at radius 1 is 1.47 bits per heavy atom. The monoisotopic (exact) mass is 317 g/mol. The highest BCUT2D eigenvalue weighted by Crippen LogP contribution is 2.16. The fourth-order valence-corrected chi connectivity index (χ4v) is 3.09. The Bertz CT molecular complexity index is 351. The standard InChI is InChI=1S/C13H20BrNOS/c1-10(9-12-7-6-11(2)17-12)15-13(16)5-3-4-8-14/h6-7,10H,3-5,8-9H2,1-2H3,(H,15,16). The topological polar surface area (TPSA) is 29.1 Å². The number of hydrogen-bond donors (Lipinski definition) is 1. The van der Waals surface area contributed by atoms with Gasteiger partial charge in [0.2, 0.25) is 5.91 Å². The van der Waals surface area contributed by atoms with Crippen LogP contribution in [0.3, 0.4) is 0 Å². The summed E-state index contributed by atoms with van der Waals surface area (Å²) in [6.45, 7) is 4.18. The molecule has 1 amide bonds.